The minimum absolute atomic E-state index is 0.235. The lowest BCUT2D eigenvalue weighted by molar-refractivity contribution is 0.378. The van der Waals surface area contributed by atoms with E-state index in [1.54, 1.807) is 0 Å². The van der Waals surface area contributed by atoms with Crippen LogP contribution in [-0.2, 0) is 12.8 Å². The first kappa shape index (κ1) is 11.2. The van der Waals surface area contributed by atoms with Crippen LogP contribution in [0.5, 0.6) is 0 Å². The fourth-order valence-corrected chi connectivity index (χ4v) is 2.59. The molecule has 0 saturated carbocycles. The van der Waals surface area contributed by atoms with Gasteiger partial charge in [0.15, 0.2) is 0 Å². The number of terminal acetylenes is 1. The topological polar surface area (TPSA) is 12.0 Å². The zero-order valence-corrected chi connectivity index (χ0v) is 9.87. The molecule has 2 rings (SSSR count). The van der Waals surface area contributed by atoms with Crippen molar-refractivity contribution in [2.45, 2.75) is 32.2 Å². The maximum absolute atomic E-state index is 5.60. The van der Waals surface area contributed by atoms with Crippen molar-refractivity contribution in [1.82, 2.24) is 5.32 Å². The lowest BCUT2D eigenvalue weighted by Gasteiger charge is -2.29. The van der Waals surface area contributed by atoms with E-state index in [-0.39, 0.29) is 6.04 Å². The van der Waals surface area contributed by atoms with Crippen molar-refractivity contribution in [3.8, 4) is 12.3 Å². The van der Waals surface area contributed by atoms with Crippen LogP contribution in [0, 0.1) is 18.3 Å². The zero-order chi connectivity index (χ0) is 11.4. The number of nitrogens with one attached hydrogen (secondary N) is 1. The third-order valence-corrected chi connectivity index (χ3v) is 3.46. The van der Waals surface area contributed by atoms with Gasteiger partial charge in [0.25, 0.3) is 0 Å². The van der Waals surface area contributed by atoms with Gasteiger partial charge in [0.2, 0.25) is 0 Å². The zero-order valence-electron chi connectivity index (χ0n) is 9.87. The highest BCUT2D eigenvalue weighted by Crippen LogP contribution is 2.27. The Balaban J connectivity index is 2.10. The molecule has 0 bridgehead atoms. The van der Waals surface area contributed by atoms with Gasteiger partial charge in [-0.15, -0.1) is 6.42 Å². The van der Waals surface area contributed by atoms with Gasteiger partial charge in [-0.25, -0.2) is 0 Å². The third-order valence-electron chi connectivity index (χ3n) is 3.46. The van der Waals surface area contributed by atoms with Crippen LogP contribution in [0.1, 0.15) is 24.5 Å². The highest BCUT2D eigenvalue weighted by molar-refractivity contribution is 5.30. The standard InChI is InChI=1S/C15H19N/c1-3-15(16-4-2)14-10-9-12-7-5-6-8-13(12)11-14/h1,5-8,14-16H,4,9-11H2,2H3. The van der Waals surface area contributed by atoms with Crippen LogP contribution in [0.25, 0.3) is 0 Å². The molecule has 2 unspecified atom stereocenters. The first-order chi connectivity index (χ1) is 7.85. The molecule has 1 heteroatoms. The molecule has 0 radical (unpaired) electrons. The summed E-state index contributed by atoms with van der Waals surface area (Å²) in [5, 5.41) is 3.40. The maximum atomic E-state index is 5.60. The first-order valence-corrected chi connectivity index (χ1v) is 6.11. The smallest absolute Gasteiger partial charge is 0.0718 e. The Morgan fingerprint density at radius 2 is 2.19 bits per heavy atom. The van der Waals surface area contributed by atoms with Crippen LogP contribution in [0.4, 0.5) is 0 Å². The van der Waals surface area contributed by atoms with E-state index >= 15 is 0 Å². The fourth-order valence-electron chi connectivity index (χ4n) is 2.59. The van der Waals surface area contributed by atoms with E-state index in [1.165, 1.54) is 24.0 Å². The number of aryl methyl sites for hydroxylation is 1. The van der Waals surface area contributed by atoms with E-state index in [1.807, 2.05) is 0 Å². The molecule has 0 fully saturated rings. The van der Waals surface area contributed by atoms with Gasteiger partial charge in [0.05, 0.1) is 6.04 Å². The van der Waals surface area contributed by atoms with E-state index in [2.05, 4.69) is 42.4 Å². The summed E-state index contributed by atoms with van der Waals surface area (Å²) in [6.45, 7) is 3.06. The molecule has 1 nitrogen and oxygen atoms in total. The van der Waals surface area contributed by atoms with Gasteiger partial charge in [-0.05, 0) is 42.9 Å². The van der Waals surface area contributed by atoms with E-state index < -0.39 is 0 Å². The molecule has 16 heavy (non-hydrogen) atoms. The van der Waals surface area contributed by atoms with E-state index in [9.17, 15) is 0 Å². The molecule has 0 aliphatic heterocycles. The average Bonchev–Trinajstić information content (AvgIpc) is 2.35. The van der Waals surface area contributed by atoms with Crippen LogP contribution in [0.3, 0.4) is 0 Å². The number of hydrogen-bond acceptors (Lipinski definition) is 1. The van der Waals surface area contributed by atoms with Crippen molar-refractivity contribution in [3.63, 3.8) is 0 Å². The van der Waals surface area contributed by atoms with Crippen LogP contribution in [0.15, 0.2) is 24.3 Å². The van der Waals surface area contributed by atoms with Crippen LogP contribution in [0.2, 0.25) is 0 Å². The lowest BCUT2D eigenvalue weighted by Crippen LogP contribution is -2.37. The molecule has 1 aromatic carbocycles. The van der Waals surface area contributed by atoms with Crippen molar-refractivity contribution in [2.24, 2.45) is 5.92 Å². The lowest BCUT2D eigenvalue weighted by atomic mass is 9.80. The van der Waals surface area contributed by atoms with Crippen molar-refractivity contribution in [2.75, 3.05) is 6.54 Å². The minimum atomic E-state index is 0.235. The van der Waals surface area contributed by atoms with Gasteiger partial charge >= 0.3 is 0 Å². The minimum Gasteiger partial charge on any atom is -0.304 e. The predicted molar refractivity (Wildman–Crippen MR) is 68.3 cm³/mol. The third kappa shape index (κ3) is 2.28. The van der Waals surface area contributed by atoms with Crippen LogP contribution < -0.4 is 5.32 Å². The van der Waals surface area contributed by atoms with E-state index in [0.29, 0.717) is 5.92 Å². The van der Waals surface area contributed by atoms with Crippen molar-refractivity contribution in [1.29, 1.82) is 0 Å². The van der Waals surface area contributed by atoms with Gasteiger partial charge in [0, 0.05) is 0 Å². The number of hydrogen-bond donors (Lipinski definition) is 1. The Morgan fingerprint density at radius 1 is 1.44 bits per heavy atom. The monoisotopic (exact) mass is 213 g/mol. The van der Waals surface area contributed by atoms with Crippen molar-refractivity contribution in [3.05, 3.63) is 35.4 Å². The largest absolute Gasteiger partial charge is 0.304 e. The molecule has 1 aromatic rings. The normalized spacial score (nSPS) is 20.9. The highest BCUT2D eigenvalue weighted by Gasteiger charge is 2.23. The van der Waals surface area contributed by atoms with Gasteiger partial charge in [-0.2, -0.15) is 0 Å². The Morgan fingerprint density at radius 3 is 2.88 bits per heavy atom. The summed E-state index contributed by atoms with van der Waals surface area (Å²) in [5.74, 6) is 3.49. The molecule has 0 heterocycles. The summed E-state index contributed by atoms with van der Waals surface area (Å²) in [5.41, 5.74) is 2.99. The molecule has 1 aliphatic rings. The Labute approximate surface area is 98.3 Å². The second-order valence-corrected chi connectivity index (χ2v) is 4.47. The van der Waals surface area contributed by atoms with Gasteiger partial charge in [-0.3, -0.25) is 0 Å². The molecule has 0 aromatic heterocycles. The Hall–Kier alpha value is -1.26. The maximum Gasteiger partial charge on any atom is 0.0718 e. The molecule has 0 saturated heterocycles. The predicted octanol–water partition coefficient (Wildman–Crippen LogP) is 2.40. The summed E-state index contributed by atoms with van der Waals surface area (Å²) in [7, 11) is 0. The quantitative estimate of drug-likeness (QED) is 0.760. The average molecular weight is 213 g/mol. The number of rotatable bonds is 3. The molecular formula is C15H19N. The molecule has 0 spiro atoms. The van der Waals surface area contributed by atoms with Gasteiger partial charge in [-0.1, -0.05) is 37.1 Å². The summed E-state index contributed by atoms with van der Waals surface area (Å²) in [6, 6.07) is 8.96. The summed E-state index contributed by atoms with van der Waals surface area (Å²) >= 11 is 0. The molecular weight excluding hydrogens is 194 g/mol. The van der Waals surface area contributed by atoms with Gasteiger partial charge in [0.1, 0.15) is 0 Å². The first-order valence-electron chi connectivity index (χ1n) is 6.11. The van der Waals surface area contributed by atoms with Gasteiger partial charge < -0.3 is 5.32 Å². The van der Waals surface area contributed by atoms with Crippen LogP contribution in [-0.4, -0.2) is 12.6 Å². The summed E-state index contributed by atoms with van der Waals surface area (Å²) < 4.78 is 0. The molecule has 0 amide bonds. The second-order valence-electron chi connectivity index (χ2n) is 4.47. The molecule has 2 atom stereocenters. The van der Waals surface area contributed by atoms with Crippen molar-refractivity contribution >= 4 is 0 Å². The molecule has 1 N–H and O–H groups in total. The number of fused-ring (bicyclic) bond motifs is 1. The fraction of sp³-hybridized carbons (Fsp3) is 0.467. The summed E-state index contributed by atoms with van der Waals surface area (Å²) in [4.78, 5) is 0. The Bertz CT molecular complexity index is 389. The Kier molecular flexibility index (Phi) is 3.64. The summed E-state index contributed by atoms with van der Waals surface area (Å²) in [6.07, 6.45) is 9.10. The van der Waals surface area contributed by atoms with Crippen molar-refractivity contribution < 1.29 is 0 Å². The SMILES string of the molecule is C#CC(NCC)C1CCc2ccccc2C1. The molecule has 84 valence electrons. The van der Waals surface area contributed by atoms with E-state index in [4.69, 9.17) is 6.42 Å². The van der Waals surface area contributed by atoms with E-state index in [0.717, 1.165) is 13.0 Å². The highest BCUT2D eigenvalue weighted by atomic mass is 14.9. The second kappa shape index (κ2) is 5.18. The molecule has 1 aliphatic carbocycles. The number of benzene rings is 1. The van der Waals surface area contributed by atoms with Crippen LogP contribution >= 0.6 is 0 Å².